The molecule has 1 amide bonds. The molecule has 0 N–H and O–H groups in total. The number of halogens is 1. The van der Waals surface area contributed by atoms with E-state index >= 15 is 0 Å². The van der Waals surface area contributed by atoms with Crippen LogP contribution in [0.2, 0.25) is 0 Å². The molecule has 2 aromatic carbocycles. The Bertz CT molecular complexity index is 852. The van der Waals surface area contributed by atoms with Gasteiger partial charge in [-0.3, -0.25) is 4.79 Å². The van der Waals surface area contributed by atoms with E-state index in [9.17, 15) is 14.0 Å². The Morgan fingerprint density at radius 2 is 2.00 bits per heavy atom. The Labute approximate surface area is 157 Å². The maximum atomic E-state index is 13.7. The zero-order valence-corrected chi connectivity index (χ0v) is 15.4. The lowest BCUT2D eigenvalue weighted by molar-refractivity contribution is -0.135. The number of carbonyl (C=O) groups excluding carboxylic acids is 2. The average molecular weight is 371 g/mol. The zero-order chi connectivity index (χ0) is 19.4. The number of rotatable bonds is 5. The summed E-state index contributed by atoms with van der Waals surface area (Å²) >= 11 is 0. The molecule has 0 unspecified atom stereocenters. The van der Waals surface area contributed by atoms with Crippen LogP contribution < -0.4 is 4.74 Å². The van der Waals surface area contributed by atoms with Crippen molar-refractivity contribution < 1.29 is 23.5 Å². The number of nitrogens with zero attached hydrogens (tertiary/aromatic N) is 1. The number of carbonyl (C=O) groups is 2. The summed E-state index contributed by atoms with van der Waals surface area (Å²) in [5.74, 6) is -1.66. The first kappa shape index (κ1) is 18.9. The van der Waals surface area contributed by atoms with Gasteiger partial charge in [0.15, 0.2) is 18.2 Å². The molecule has 0 bridgehead atoms. The molecule has 0 radical (unpaired) electrons. The van der Waals surface area contributed by atoms with E-state index in [0.29, 0.717) is 0 Å². The van der Waals surface area contributed by atoms with Gasteiger partial charge in [0.1, 0.15) is 0 Å². The molecule has 1 aliphatic rings. The van der Waals surface area contributed by atoms with E-state index in [-0.39, 0.29) is 29.9 Å². The van der Waals surface area contributed by atoms with Crippen LogP contribution in [0.25, 0.3) is 0 Å². The minimum Gasteiger partial charge on any atom is -0.494 e. The van der Waals surface area contributed by atoms with Crippen LogP contribution in [0.15, 0.2) is 42.5 Å². The molecule has 0 aromatic heterocycles. The van der Waals surface area contributed by atoms with Crippen molar-refractivity contribution in [2.75, 3.05) is 20.8 Å². The molecule has 27 heavy (non-hydrogen) atoms. The van der Waals surface area contributed by atoms with Gasteiger partial charge >= 0.3 is 5.97 Å². The molecule has 5 nitrogen and oxygen atoms in total. The topological polar surface area (TPSA) is 55.8 Å². The second kappa shape index (κ2) is 8.20. The summed E-state index contributed by atoms with van der Waals surface area (Å²) in [5.41, 5.74) is 2.43. The van der Waals surface area contributed by atoms with Crippen LogP contribution in [0.5, 0.6) is 5.75 Å². The summed E-state index contributed by atoms with van der Waals surface area (Å²) in [6.45, 7) is -0.387. The lowest BCUT2D eigenvalue weighted by Gasteiger charge is -2.33. The number of methoxy groups -OCH3 is 1. The zero-order valence-electron chi connectivity index (χ0n) is 15.4. The van der Waals surface area contributed by atoms with Crippen LogP contribution in [-0.4, -0.2) is 37.5 Å². The van der Waals surface area contributed by atoms with Gasteiger partial charge in [0, 0.05) is 7.05 Å². The number of hydrogen-bond acceptors (Lipinski definition) is 4. The van der Waals surface area contributed by atoms with Crippen molar-refractivity contribution >= 4 is 11.9 Å². The predicted octanol–water partition coefficient (Wildman–Crippen LogP) is 3.53. The van der Waals surface area contributed by atoms with Crippen LogP contribution in [0.3, 0.4) is 0 Å². The first-order chi connectivity index (χ1) is 13.0. The first-order valence-electron chi connectivity index (χ1n) is 8.85. The van der Waals surface area contributed by atoms with Gasteiger partial charge in [-0.15, -0.1) is 0 Å². The highest BCUT2D eigenvalue weighted by Gasteiger charge is 2.27. The molecule has 0 spiro atoms. The standard InChI is InChI=1S/C21H22FNO4/c1-23(18-9-5-7-14-6-3-4-8-16(14)18)20(24)13-27-21(25)15-10-11-19(26-2)17(22)12-15/h3-4,6,8,10-12,18H,5,7,9,13H2,1-2H3/t18-/m0/s1. The van der Waals surface area contributed by atoms with Gasteiger partial charge in [-0.2, -0.15) is 0 Å². The van der Waals surface area contributed by atoms with Gasteiger partial charge in [-0.1, -0.05) is 24.3 Å². The summed E-state index contributed by atoms with van der Waals surface area (Å²) in [6.07, 6.45) is 2.88. The van der Waals surface area contributed by atoms with E-state index < -0.39 is 11.8 Å². The van der Waals surface area contributed by atoms with Gasteiger partial charge in [0.25, 0.3) is 5.91 Å². The molecule has 142 valence electrons. The average Bonchev–Trinajstić information content (AvgIpc) is 2.70. The van der Waals surface area contributed by atoms with Crippen molar-refractivity contribution in [1.82, 2.24) is 4.90 Å². The molecule has 1 aliphatic carbocycles. The fraction of sp³-hybridized carbons (Fsp3) is 0.333. The van der Waals surface area contributed by atoms with E-state index in [1.54, 1.807) is 11.9 Å². The number of aryl methyl sites for hydroxylation is 1. The van der Waals surface area contributed by atoms with Gasteiger partial charge in [0.2, 0.25) is 0 Å². The lowest BCUT2D eigenvalue weighted by Crippen LogP contribution is -2.36. The minimum atomic E-state index is -0.748. The highest BCUT2D eigenvalue weighted by Crippen LogP contribution is 2.33. The third-order valence-electron chi connectivity index (χ3n) is 4.91. The summed E-state index contributed by atoms with van der Waals surface area (Å²) in [6, 6.07) is 11.8. The third-order valence-corrected chi connectivity index (χ3v) is 4.91. The molecule has 1 atom stereocenters. The molecule has 3 rings (SSSR count). The molecule has 2 aromatic rings. The number of hydrogen-bond donors (Lipinski definition) is 0. The van der Waals surface area contributed by atoms with Crippen LogP contribution in [0.4, 0.5) is 4.39 Å². The van der Waals surface area contributed by atoms with Crippen molar-refractivity contribution in [2.24, 2.45) is 0 Å². The highest BCUT2D eigenvalue weighted by atomic mass is 19.1. The van der Waals surface area contributed by atoms with Crippen molar-refractivity contribution in [3.63, 3.8) is 0 Å². The summed E-state index contributed by atoms with van der Waals surface area (Å²) < 4.78 is 23.6. The van der Waals surface area contributed by atoms with E-state index in [2.05, 4.69) is 6.07 Å². The van der Waals surface area contributed by atoms with Gasteiger partial charge in [0.05, 0.1) is 18.7 Å². The molecular weight excluding hydrogens is 349 g/mol. The van der Waals surface area contributed by atoms with Crippen LogP contribution in [-0.2, 0) is 16.0 Å². The minimum absolute atomic E-state index is 0.0282. The largest absolute Gasteiger partial charge is 0.494 e. The molecule has 0 heterocycles. The predicted molar refractivity (Wildman–Crippen MR) is 98.1 cm³/mol. The highest BCUT2D eigenvalue weighted by molar-refractivity contribution is 5.91. The fourth-order valence-corrected chi connectivity index (χ4v) is 3.41. The number of ether oxygens (including phenoxy) is 2. The fourth-order valence-electron chi connectivity index (χ4n) is 3.41. The van der Waals surface area contributed by atoms with Crippen molar-refractivity contribution in [3.8, 4) is 5.75 Å². The summed E-state index contributed by atoms with van der Waals surface area (Å²) in [4.78, 5) is 26.2. The Balaban J connectivity index is 1.62. The normalized spacial score (nSPS) is 15.6. The Hall–Kier alpha value is -2.89. The lowest BCUT2D eigenvalue weighted by atomic mass is 9.87. The van der Waals surface area contributed by atoms with Crippen LogP contribution in [0.1, 0.15) is 40.4 Å². The molecule has 0 saturated heterocycles. The quantitative estimate of drug-likeness (QED) is 0.755. The van der Waals surface area contributed by atoms with E-state index in [1.807, 2.05) is 18.2 Å². The van der Waals surface area contributed by atoms with Crippen molar-refractivity contribution in [1.29, 1.82) is 0 Å². The van der Waals surface area contributed by atoms with Gasteiger partial charge in [-0.25, -0.2) is 9.18 Å². The maximum Gasteiger partial charge on any atom is 0.338 e. The first-order valence-corrected chi connectivity index (χ1v) is 8.85. The van der Waals surface area contributed by atoms with Crippen LogP contribution in [0, 0.1) is 5.82 Å². The van der Waals surface area contributed by atoms with Crippen LogP contribution >= 0.6 is 0 Å². The molecule has 6 heteroatoms. The summed E-state index contributed by atoms with van der Waals surface area (Å²) in [5, 5.41) is 0. The number of likely N-dealkylation sites (N-methyl/N-ethyl adjacent to an activating group) is 1. The molecule has 0 saturated carbocycles. The molecular formula is C21H22FNO4. The Morgan fingerprint density at radius 1 is 1.22 bits per heavy atom. The van der Waals surface area contributed by atoms with Crippen molar-refractivity contribution in [2.45, 2.75) is 25.3 Å². The third kappa shape index (κ3) is 4.10. The maximum absolute atomic E-state index is 13.7. The number of benzene rings is 2. The smallest absolute Gasteiger partial charge is 0.338 e. The SMILES string of the molecule is COc1ccc(C(=O)OCC(=O)N(C)[C@H]2CCCc3ccccc32)cc1F. The van der Waals surface area contributed by atoms with Gasteiger partial charge in [-0.05, 0) is 48.6 Å². The second-order valence-corrected chi connectivity index (χ2v) is 6.54. The van der Waals surface area contributed by atoms with Crippen molar-refractivity contribution in [3.05, 3.63) is 65.0 Å². The molecule has 0 fully saturated rings. The Morgan fingerprint density at radius 3 is 2.74 bits per heavy atom. The number of esters is 1. The summed E-state index contributed by atoms with van der Waals surface area (Å²) in [7, 11) is 3.06. The second-order valence-electron chi connectivity index (χ2n) is 6.54. The van der Waals surface area contributed by atoms with E-state index in [0.717, 1.165) is 30.9 Å². The Kier molecular flexibility index (Phi) is 5.74. The monoisotopic (exact) mass is 371 g/mol. The van der Waals surface area contributed by atoms with Gasteiger partial charge < -0.3 is 14.4 Å². The van der Waals surface area contributed by atoms with E-state index in [1.165, 1.54) is 24.8 Å². The number of fused-ring (bicyclic) bond motifs is 1. The number of amides is 1. The molecule has 0 aliphatic heterocycles. The van der Waals surface area contributed by atoms with E-state index in [4.69, 9.17) is 9.47 Å².